The fraction of sp³-hybridized carbons (Fsp3) is 0.714. The molecule has 152 valence electrons. The second kappa shape index (κ2) is 10.4. The van der Waals surface area contributed by atoms with Crippen LogP contribution in [0.2, 0.25) is 0 Å². The highest BCUT2D eigenvalue weighted by atomic mass is 32.2. The van der Waals surface area contributed by atoms with E-state index in [2.05, 4.69) is 59.3 Å². The minimum absolute atomic E-state index is 0.268. The molecule has 0 spiro atoms. The molecule has 1 aromatic rings. The lowest BCUT2D eigenvalue weighted by molar-refractivity contribution is 0.0406. The van der Waals surface area contributed by atoms with Crippen LogP contribution in [0.5, 0.6) is 5.75 Å². The average molecular weight is 411 g/mol. The van der Waals surface area contributed by atoms with Crippen molar-refractivity contribution in [2.75, 3.05) is 56.4 Å². The molecule has 4 nitrogen and oxygen atoms in total. The number of thioether (sulfide) groups is 2. The summed E-state index contributed by atoms with van der Waals surface area (Å²) < 4.78 is 5.46. The molecule has 1 atom stereocenters. The van der Waals surface area contributed by atoms with Crippen molar-refractivity contribution in [3.63, 3.8) is 0 Å². The molecule has 2 aliphatic rings. The van der Waals surface area contributed by atoms with E-state index in [1.54, 1.807) is 7.11 Å². The molecule has 3 rings (SSSR count). The fourth-order valence-corrected chi connectivity index (χ4v) is 6.79. The van der Waals surface area contributed by atoms with E-state index in [4.69, 9.17) is 4.74 Å². The molecule has 1 aromatic carbocycles. The van der Waals surface area contributed by atoms with E-state index in [1.807, 2.05) is 0 Å². The molecule has 2 saturated heterocycles. The van der Waals surface area contributed by atoms with Gasteiger partial charge in [-0.1, -0.05) is 6.07 Å². The van der Waals surface area contributed by atoms with Gasteiger partial charge in [0.1, 0.15) is 5.75 Å². The van der Waals surface area contributed by atoms with Crippen LogP contribution in [0.3, 0.4) is 0 Å². The van der Waals surface area contributed by atoms with Crippen LogP contribution in [0.4, 0.5) is 0 Å². The molecule has 2 aliphatic heterocycles. The van der Waals surface area contributed by atoms with Crippen molar-refractivity contribution in [2.45, 2.75) is 38.9 Å². The predicted molar refractivity (Wildman–Crippen MR) is 118 cm³/mol. The predicted octanol–water partition coefficient (Wildman–Crippen LogP) is 3.03. The summed E-state index contributed by atoms with van der Waals surface area (Å²) in [6.07, 6.45) is 0.859. The maximum absolute atomic E-state index is 9.64. The van der Waals surface area contributed by atoms with Gasteiger partial charge >= 0.3 is 0 Å². The summed E-state index contributed by atoms with van der Waals surface area (Å²) in [6, 6.07) is 5.43. The van der Waals surface area contributed by atoms with Crippen LogP contribution in [0.15, 0.2) is 12.1 Å². The first-order valence-corrected chi connectivity index (χ1v) is 12.3. The monoisotopic (exact) mass is 410 g/mol. The van der Waals surface area contributed by atoms with Crippen LogP contribution < -0.4 is 4.74 Å². The summed E-state index contributed by atoms with van der Waals surface area (Å²) >= 11 is 4.21. The van der Waals surface area contributed by atoms with Crippen molar-refractivity contribution in [1.29, 1.82) is 0 Å². The van der Waals surface area contributed by atoms with Crippen LogP contribution in [-0.4, -0.2) is 83.4 Å². The van der Waals surface area contributed by atoms with E-state index >= 15 is 0 Å². The highest BCUT2D eigenvalue weighted by Crippen LogP contribution is 2.28. The van der Waals surface area contributed by atoms with Crippen LogP contribution in [0, 0.1) is 13.8 Å². The van der Waals surface area contributed by atoms with Gasteiger partial charge in [-0.3, -0.25) is 9.80 Å². The third-order valence-electron chi connectivity index (χ3n) is 6.05. The lowest BCUT2D eigenvalue weighted by atomic mass is 10.00. The highest BCUT2D eigenvalue weighted by Gasteiger charge is 2.31. The van der Waals surface area contributed by atoms with Gasteiger partial charge in [0, 0.05) is 67.9 Å². The molecule has 1 unspecified atom stereocenters. The Kier molecular flexibility index (Phi) is 8.21. The number of benzene rings is 1. The molecule has 2 fully saturated rings. The third kappa shape index (κ3) is 5.36. The Morgan fingerprint density at radius 1 is 1.11 bits per heavy atom. The lowest BCUT2D eigenvalue weighted by Gasteiger charge is -2.44. The number of piperazine rings is 1. The van der Waals surface area contributed by atoms with Gasteiger partial charge in [-0.05, 0) is 43.0 Å². The maximum Gasteiger partial charge on any atom is 0.122 e. The molecule has 0 bridgehead atoms. The fourth-order valence-electron chi connectivity index (χ4n) is 4.16. The number of hydrogen-bond donors (Lipinski definition) is 1. The molecule has 0 aliphatic carbocycles. The quantitative estimate of drug-likeness (QED) is 0.777. The number of hydrogen-bond acceptors (Lipinski definition) is 6. The molecule has 0 amide bonds. The minimum atomic E-state index is 0.268. The van der Waals surface area contributed by atoms with Crippen LogP contribution >= 0.6 is 23.5 Å². The SMILES string of the molecule is COc1ccc(CN2CCN(C3CSCCSC3)CC2CCO)c(C)c1C. The first-order valence-electron chi connectivity index (χ1n) is 10.0. The van der Waals surface area contributed by atoms with E-state index in [-0.39, 0.29) is 6.61 Å². The minimum Gasteiger partial charge on any atom is -0.496 e. The van der Waals surface area contributed by atoms with E-state index in [0.29, 0.717) is 12.1 Å². The Labute approximate surface area is 173 Å². The largest absolute Gasteiger partial charge is 0.496 e. The summed E-state index contributed by atoms with van der Waals surface area (Å²) in [4.78, 5) is 5.27. The third-order valence-corrected chi connectivity index (χ3v) is 8.54. The Bertz CT molecular complexity index is 606. The van der Waals surface area contributed by atoms with Crippen LogP contribution in [-0.2, 0) is 6.54 Å². The maximum atomic E-state index is 9.64. The molecule has 0 aromatic heterocycles. The molecular weight excluding hydrogens is 376 g/mol. The van der Waals surface area contributed by atoms with Gasteiger partial charge in [0.2, 0.25) is 0 Å². The Morgan fingerprint density at radius 2 is 1.85 bits per heavy atom. The van der Waals surface area contributed by atoms with Gasteiger partial charge in [-0.2, -0.15) is 23.5 Å². The van der Waals surface area contributed by atoms with Crippen molar-refractivity contribution in [1.82, 2.24) is 9.80 Å². The van der Waals surface area contributed by atoms with E-state index in [1.165, 1.54) is 39.7 Å². The van der Waals surface area contributed by atoms with Crippen molar-refractivity contribution in [3.8, 4) is 5.75 Å². The van der Waals surface area contributed by atoms with Gasteiger partial charge < -0.3 is 9.84 Å². The van der Waals surface area contributed by atoms with E-state index in [0.717, 1.165) is 38.3 Å². The molecule has 0 radical (unpaired) electrons. The topological polar surface area (TPSA) is 35.9 Å². The number of ether oxygens (including phenoxy) is 1. The first-order chi connectivity index (χ1) is 13.1. The van der Waals surface area contributed by atoms with Crippen molar-refractivity contribution in [3.05, 3.63) is 28.8 Å². The standard InChI is InChI=1S/C21H34N2O2S2/c1-16-17(2)21(25-3)5-4-18(16)12-22-7-8-23(13-19(22)6-9-24)20-14-26-10-11-27-15-20/h4-5,19-20,24H,6-15H2,1-3H3. The van der Waals surface area contributed by atoms with Crippen molar-refractivity contribution >= 4 is 23.5 Å². The van der Waals surface area contributed by atoms with Crippen LogP contribution in [0.1, 0.15) is 23.1 Å². The smallest absolute Gasteiger partial charge is 0.122 e. The van der Waals surface area contributed by atoms with E-state index in [9.17, 15) is 5.11 Å². The zero-order valence-electron chi connectivity index (χ0n) is 16.9. The zero-order valence-corrected chi connectivity index (χ0v) is 18.6. The van der Waals surface area contributed by atoms with Gasteiger partial charge in [-0.15, -0.1) is 0 Å². The van der Waals surface area contributed by atoms with Crippen molar-refractivity contribution in [2.24, 2.45) is 0 Å². The van der Waals surface area contributed by atoms with Crippen molar-refractivity contribution < 1.29 is 9.84 Å². The van der Waals surface area contributed by atoms with Gasteiger partial charge in [0.25, 0.3) is 0 Å². The normalized spacial score (nSPS) is 23.3. The summed E-state index contributed by atoms with van der Waals surface area (Å²) in [5, 5.41) is 9.64. The average Bonchev–Trinajstić information content (AvgIpc) is 2.96. The summed E-state index contributed by atoms with van der Waals surface area (Å²) in [7, 11) is 1.74. The second-order valence-corrected chi connectivity index (χ2v) is 9.91. The van der Waals surface area contributed by atoms with Gasteiger partial charge in [0.05, 0.1) is 7.11 Å². The van der Waals surface area contributed by atoms with Gasteiger partial charge in [0.15, 0.2) is 0 Å². The Hall–Kier alpha value is -0.400. The molecule has 27 heavy (non-hydrogen) atoms. The number of methoxy groups -OCH3 is 1. The number of rotatable bonds is 6. The summed E-state index contributed by atoms with van der Waals surface area (Å²) in [5.41, 5.74) is 3.95. The Morgan fingerprint density at radius 3 is 2.52 bits per heavy atom. The summed E-state index contributed by atoms with van der Waals surface area (Å²) in [5.74, 6) is 6.07. The Balaban J connectivity index is 1.68. The van der Waals surface area contributed by atoms with E-state index < -0.39 is 0 Å². The summed E-state index contributed by atoms with van der Waals surface area (Å²) in [6.45, 7) is 8.88. The molecule has 6 heteroatoms. The first kappa shape index (κ1) is 21.3. The highest BCUT2D eigenvalue weighted by molar-refractivity contribution is 8.03. The van der Waals surface area contributed by atoms with Crippen LogP contribution in [0.25, 0.3) is 0 Å². The number of nitrogens with zero attached hydrogens (tertiary/aromatic N) is 2. The molecule has 0 saturated carbocycles. The number of aliphatic hydroxyl groups is 1. The molecule has 2 heterocycles. The second-order valence-electron chi connectivity index (χ2n) is 7.61. The van der Waals surface area contributed by atoms with Gasteiger partial charge in [-0.25, -0.2) is 0 Å². The lowest BCUT2D eigenvalue weighted by Crippen LogP contribution is -2.56. The number of aliphatic hydroxyl groups excluding tert-OH is 1. The zero-order chi connectivity index (χ0) is 19.2. The molecular formula is C21H34N2O2S2. The molecule has 1 N–H and O–H groups in total.